The maximum absolute atomic E-state index is 6.06. The van der Waals surface area contributed by atoms with Gasteiger partial charge in [-0.2, -0.15) is 0 Å². The Balaban J connectivity index is 2.18. The second kappa shape index (κ2) is 6.72. The fourth-order valence-corrected chi connectivity index (χ4v) is 3.85. The van der Waals surface area contributed by atoms with E-state index in [0.29, 0.717) is 6.04 Å². The molecule has 2 aliphatic carbocycles. The zero-order valence-electron chi connectivity index (χ0n) is 12.1. The normalized spacial score (nSPS) is 26.2. The monoisotopic (exact) mass is 251 g/mol. The quantitative estimate of drug-likeness (QED) is 0.606. The van der Waals surface area contributed by atoms with E-state index >= 15 is 0 Å². The highest BCUT2D eigenvalue weighted by Gasteiger charge is 2.40. The van der Waals surface area contributed by atoms with Crippen LogP contribution in [0.5, 0.6) is 0 Å². The molecule has 0 amide bonds. The Morgan fingerprint density at radius 3 is 2.33 bits per heavy atom. The number of allylic oxidation sites excluding steroid dienone is 1. The van der Waals surface area contributed by atoms with Gasteiger partial charge in [0.2, 0.25) is 0 Å². The van der Waals surface area contributed by atoms with Crippen molar-refractivity contribution >= 4 is 0 Å². The van der Waals surface area contributed by atoms with Gasteiger partial charge in [0.25, 0.3) is 0 Å². The third-order valence-electron chi connectivity index (χ3n) is 4.87. The summed E-state index contributed by atoms with van der Waals surface area (Å²) in [7, 11) is 4.02. The summed E-state index contributed by atoms with van der Waals surface area (Å²) in [4.78, 5) is 0. The van der Waals surface area contributed by atoms with Crippen LogP contribution >= 0.6 is 0 Å². The molecular weight excluding hydrogens is 222 g/mol. The Bertz CT molecular complexity index is 277. The van der Waals surface area contributed by atoms with Gasteiger partial charge < -0.3 is 10.1 Å². The minimum Gasteiger partial charge on any atom is -0.376 e. The highest BCUT2D eigenvalue weighted by molar-refractivity contribution is 5.19. The molecule has 0 saturated heterocycles. The van der Waals surface area contributed by atoms with Crippen molar-refractivity contribution in [1.29, 1.82) is 0 Å². The molecule has 2 nitrogen and oxygen atoms in total. The van der Waals surface area contributed by atoms with Crippen LogP contribution in [0.1, 0.15) is 64.2 Å². The first-order valence-corrected chi connectivity index (χ1v) is 7.74. The van der Waals surface area contributed by atoms with Crippen molar-refractivity contribution in [3.63, 3.8) is 0 Å². The van der Waals surface area contributed by atoms with Crippen molar-refractivity contribution in [2.45, 2.75) is 75.9 Å². The van der Waals surface area contributed by atoms with E-state index in [4.69, 9.17) is 4.74 Å². The minimum absolute atomic E-state index is 0.0500. The highest BCUT2D eigenvalue weighted by atomic mass is 16.5. The van der Waals surface area contributed by atoms with Crippen molar-refractivity contribution in [2.24, 2.45) is 0 Å². The van der Waals surface area contributed by atoms with E-state index in [0.717, 1.165) is 0 Å². The summed E-state index contributed by atoms with van der Waals surface area (Å²) in [6.45, 7) is 0. The van der Waals surface area contributed by atoms with E-state index in [1.807, 2.05) is 7.11 Å². The summed E-state index contributed by atoms with van der Waals surface area (Å²) in [5, 5.41) is 3.57. The van der Waals surface area contributed by atoms with Gasteiger partial charge in [-0.05, 0) is 45.6 Å². The highest BCUT2D eigenvalue weighted by Crippen LogP contribution is 2.37. The molecule has 1 fully saturated rings. The Labute approximate surface area is 112 Å². The largest absolute Gasteiger partial charge is 0.376 e. The Hall–Kier alpha value is -0.340. The van der Waals surface area contributed by atoms with Crippen molar-refractivity contribution in [3.8, 4) is 0 Å². The van der Waals surface area contributed by atoms with Crippen LogP contribution < -0.4 is 5.32 Å². The molecule has 0 aliphatic heterocycles. The average molecular weight is 251 g/mol. The summed E-state index contributed by atoms with van der Waals surface area (Å²) in [5.74, 6) is 0. The molecule has 0 bridgehead atoms. The summed E-state index contributed by atoms with van der Waals surface area (Å²) in [6, 6.07) is 0.431. The molecule has 1 N–H and O–H groups in total. The molecule has 0 aromatic carbocycles. The molecule has 2 rings (SSSR count). The number of hydrogen-bond acceptors (Lipinski definition) is 2. The number of likely N-dealkylation sites (N-methyl/N-ethyl adjacent to an activating group) is 1. The lowest BCUT2D eigenvalue weighted by Gasteiger charge is -2.41. The first-order chi connectivity index (χ1) is 8.82. The summed E-state index contributed by atoms with van der Waals surface area (Å²) in [6.07, 6.45) is 15.5. The lowest BCUT2D eigenvalue weighted by Crippen LogP contribution is -2.52. The minimum atomic E-state index is 0.0500. The standard InChI is InChI=1S/C16H29NO/c1-17-15(14-10-6-5-7-11-14)16(18-2)12-8-3-4-9-13-16/h10,15,17H,3-9,11-13H2,1-2H3. The molecule has 0 aromatic heterocycles. The summed E-state index contributed by atoms with van der Waals surface area (Å²) in [5.41, 5.74) is 1.65. The van der Waals surface area contributed by atoms with Gasteiger partial charge in [0.1, 0.15) is 0 Å². The molecule has 1 unspecified atom stereocenters. The first kappa shape index (κ1) is 14.1. The SMILES string of the molecule is CNC(C1=CCCCC1)C1(OC)CCCCCC1. The van der Waals surface area contributed by atoms with E-state index in [1.54, 1.807) is 5.57 Å². The number of nitrogens with one attached hydrogen (secondary N) is 1. The Morgan fingerprint density at radius 1 is 1.11 bits per heavy atom. The van der Waals surface area contributed by atoms with Crippen LogP contribution in [0.3, 0.4) is 0 Å². The summed E-state index contributed by atoms with van der Waals surface area (Å²) >= 11 is 0. The first-order valence-electron chi connectivity index (χ1n) is 7.74. The predicted molar refractivity (Wildman–Crippen MR) is 76.8 cm³/mol. The van der Waals surface area contributed by atoms with E-state index < -0.39 is 0 Å². The second-order valence-corrected chi connectivity index (χ2v) is 5.93. The molecule has 1 atom stereocenters. The molecule has 0 radical (unpaired) electrons. The molecule has 0 spiro atoms. The van der Waals surface area contributed by atoms with Gasteiger partial charge in [0.15, 0.2) is 0 Å². The zero-order valence-corrected chi connectivity index (χ0v) is 12.1. The van der Waals surface area contributed by atoms with Crippen LogP contribution in [0.2, 0.25) is 0 Å². The molecule has 0 aromatic rings. The van der Waals surface area contributed by atoms with Gasteiger partial charge in [-0.15, -0.1) is 0 Å². The van der Waals surface area contributed by atoms with Crippen LogP contribution in [0.4, 0.5) is 0 Å². The van der Waals surface area contributed by atoms with Crippen LogP contribution in [0, 0.1) is 0 Å². The van der Waals surface area contributed by atoms with Gasteiger partial charge in [0.05, 0.1) is 11.6 Å². The Morgan fingerprint density at radius 2 is 1.83 bits per heavy atom. The fraction of sp³-hybridized carbons (Fsp3) is 0.875. The molecule has 2 heteroatoms. The molecule has 18 heavy (non-hydrogen) atoms. The lowest BCUT2D eigenvalue weighted by molar-refractivity contribution is -0.0428. The smallest absolute Gasteiger partial charge is 0.0869 e. The number of methoxy groups -OCH3 is 1. The maximum atomic E-state index is 6.06. The number of rotatable bonds is 4. The van der Waals surface area contributed by atoms with Gasteiger partial charge in [-0.3, -0.25) is 0 Å². The van der Waals surface area contributed by atoms with E-state index in [1.165, 1.54) is 64.2 Å². The fourth-order valence-electron chi connectivity index (χ4n) is 3.85. The van der Waals surface area contributed by atoms with Crippen molar-refractivity contribution in [2.75, 3.05) is 14.2 Å². The van der Waals surface area contributed by atoms with Crippen molar-refractivity contribution in [3.05, 3.63) is 11.6 Å². The zero-order chi connectivity index (χ0) is 12.8. The Kier molecular flexibility index (Phi) is 5.25. The van der Waals surface area contributed by atoms with Crippen LogP contribution in [-0.4, -0.2) is 25.8 Å². The molecule has 0 heterocycles. The van der Waals surface area contributed by atoms with Gasteiger partial charge >= 0.3 is 0 Å². The third kappa shape index (κ3) is 2.97. The topological polar surface area (TPSA) is 21.3 Å². The third-order valence-corrected chi connectivity index (χ3v) is 4.87. The predicted octanol–water partition coefficient (Wildman–Crippen LogP) is 3.81. The maximum Gasteiger partial charge on any atom is 0.0869 e. The van der Waals surface area contributed by atoms with Gasteiger partial charge in [-0.25, -0.2) is 0 Å². The van der Waals surface area contributed by atoms with E-state index in [9.17, 15) is 0 Å². The molecular formula is C16H29NO. The van der Waals surface area contributed by atoms with Crippen LogP contribution in [0.25, 0.3) is 0 Å². The van der Waals surface area contributed by atoms with Crippen molar-refractivity contribution in [1.82, 2.24) is 5.32 Å². The average Bonchev–Trinajstić information content (AvgIpc) is 2.67. The van der Waals surface area contributed by atoms with Crippen LogP contribution in [0.15, 0.2) is 11.6 Å². The van der Waals surface area contributed by atoms with E-state index in [2.05, 4.69) is 18.4 Å². The van der Waals surface area contributed by atoms with Crippen molar-refractivity contribution < 1.29 is 4.74 Å². The number of hydrogen-bond donors (Lipinski definition) is 1. The lowest BCUT2D eigenvalue weighted by atomic mass is 9.79. The molecule has 1 saturated carbocycles. The number of ether oxygens (including phenoxy) is 1. The van der Waals surface area contributed by atoms with E-state index in [-0.39, 0.29) is 5.60 Å². The van der Waals surface area contributed by atoms with Gasteiger partial charge in [0, 0.05) is 7.11 Å². The summed E-state index contributed by atoms with van der Waals surface area (Å²) < 4.78 is 6.06. The molecule has 2 aliphatic rings. The van der Waals surface area contributed by atoms with Gasteiger partial charge in [-0.1, -0.05) is 37.3 Å². The van der Waals surface area contributed by atoms with Crippen LogP contribution in [-0.2, 0) is 4.74 Å². The second-order valence-electron chi connectivity index (χ2n) is 5.93. The molecule has 104 valence electrons.